The molecule has 7 nitrogen and oxygen atoms in total. The molecule has 0 atom stereocenters. The molecule has 8 heteroatoms. The van der Waals surface area contributed by atoms with Crippen molar-refractivity contribution >= 4 is 29.9 Å². The lowest BCUT2D eigenvalue weighted by molar-refractivity contribution is 0.0377. The SMILES string of the molecule is CCN1CCN(CCNC(N)=NCCCN2CCOCC2)CC1.I. The zero-order chi connectivity index (χ0) is 16.3. The monoisotopic (exact) mass is 454 g/mol. The van der Waals surface area contributed by atoms with Crippen LogP contribution in [0.4, 0.5) is 0 Å². The van der Waals surface area contributed by atoms with Gasteiger partial charge in [0.1, 0.15) is 0 Å². The Labute approximate surface area is 164 Å². The second kappa shape index (κ2) is 13.1. The van der Waals surface area contributed by atoms with Crippen LogP contribution >= 0.6 is 24.0 Å². The first-order valence-electron chi connectivity index (χ1n) is 9.06. The standard InChI is InChI=1S/C16H34N6O.HI/c1-2-20-8-10-22(11-9-20)7-5-19-16(17)18-4-3-6-21-12-14-23-15-13-21;/h2-15H2,1H3,(H3,17,18,19);1H. The van der Waals surface area contributed by atoms with E-state index in [1.165, 1.54) is 13.1 Å². The molecule has 2 heterocycles. The highest BCUT2D eigenvalue weighted by molar-refractivity contribution is 14.0. The van der Waals surface area contributed by atoms with Crippen LogP contribution in [0.2, 0.25) is 0 Å². The van der Waals surface area contributed by atoms with Crippen LogP contribution in [0.25, 0.3) is 0 Å². The number of rotatable bonds is 8. The van der Waals surface area contributed by atoms with Gasteiger partial charge in [-0.05, 0) is 13.0 Å². The van der Waals surface area contributed by atoms with E-state index >= 15 is 0 Å². The lowest BCUT2D eigenvalue weighted by atomic mass is 10.3. The van der Waals surface area contributed by atoms with Crippen molar-refractivity contribution in [1.29, 1.82) is 0 Å². The fraction of sp³-hybridized carbons (Fsp3) is 0.938. The minimum Gasteiger partial charge on any atom is -0.379 e. The molecule has 0 aromatic heterocycles. The van der Waals surface area contributed by atoms with Gasteiger partial charge in [-0.25, -0.2) is 0 Å². The fourth-order valence-electron chi connectivity index (χ4n) is 3.05. The molecule has 0 aromatic rings. The first-order chi connectivity index (χ1) is 11.3. The molecule has 2 aliphatic heterocycles. The number of halogens is 1. The third-order valence-electron chi connectivity index (χ3n) is 4.66. The molecule has 2 aliphatic rings. The molecule has 2 rings (SSSR count). The van der Waals surface area contributed by atoms with Crippen LogP contribution in [0.15, 0.2) is 4.99 Å². The number of hydrogen-bond acceptors (Lipinski definition) is 5. The number of aliphatic imine (C=N–C) groups is 1. The van der Waals surface area contributed by atoms with Gasteiger partial charge < -0.3 is 20.7 Å². The number of nitrogens with one attached hydrogen (secondary N) is 1. The maximum Gasteiger partial charge on any atom is 0.188 e. The quantitative estimate of drug-likeness (QED) is 0.231. The third kappa shape index (κ3) is 8.80. The van der Waals surface area contributed by atoms with Crippen LogP contribution in [-0.4, -0.2) is 106 Å². The first-order valence-corrected chi connectivity index (χ1v) is 9.06. The summed E-state index contributed by atoms with van der Waals surface area (Å²) in [7, 11) is 0. The van der Waals surface area contributed by atoms with E-state index in [9.17, 15) is 0 Å². The van der Waals surface area contributed by atoms with E-state index in [2.05, 4.69) is 31.9 Å². The van der Waals surface area contributed by atoms with E-state index < -0.39 is 0 Å². The molecule has 142 valence electrons. The number of morpholine rings is 1. The molecule has 0 spiro atoms. The summed E-state index contributed by atoms with van der Waals surface area (Å²) >= 11 is 0. The molecule has 2 saturated heterocycles. The minimum absolute atomic E-state index is 0. The summed E-state index contributed by atoms with van der Waals surface area (Å²) in [6.07, 6.45) is 1.06. The number of nitrogens with two attached hydrogens (primary N) is 1. The normalized spacial score (nSPS) is 21.5. The average Bonchev–Trinajstić information content (AvgIpc) is 2.60. The second-order valence-electron chi connectivity index (χ2n) is 6.28. The Bertz CT molecular complexity index is 343. The first kappa shape index (κ1) is 21.9. The van der Waals surface area contributed by atoms with Gasteiger partial charge in [-0.3, -0.25) is 14.8 Å². The smallest absolute Gasteiger partial charge is 0.188 e. The molecule has 0 aliphatic carbocycles. The lowest BCUT2D eigenvalue weighted by Gasteiger charge is -2.33. The summed E-state index contributed by atoms with van der Waals surface area (Å²) in [4.78, 5) is 11.8. The molecule has 0 amide bonds. The summed E-state index contributed by atoms with van der Waals surface area (Å²) in [5, 5.41) is 3.23. The number of guanidine groups is 1. The molecular weight excluding hydrogens is 419 g/mol. The van der Waals surface area contributed by atoms with E-state index in [0.29, 0.717) is 5.96 Å². The molecule has 2 fully saturated rings. The summed E-state index contributed by atoms with van der Waals surface area (Å²) in [6.45, 7) is 15.7. The van der Waals surface area contributed by atoms with Crippen molar-refractivity contribution in [1.82, 2.24) is 20.0 Å². The Hall–Kier alpha value is -0.160. The number of hydrogen-bond donors (Lipinski definition) is 2. The van der Waals surface area contributed by atoms with E-state index in [4.69, 9.17) is 10.5 Å². The summed E-state index contributed by atoms with van der Waals surface area (Å²) in [6, 6.07) is 0. The van der Waals surface area contributed by atoms with Gasteiger partial charge in [0.05, 0.1) is 13.2 Å². The largest absolute Gasteiger partial charge is 0.379 e. The van der Waals surface area contributed by atoms with Crippen molar-refractivity contribution in [2.45, 2.75) is 13.3 Å². The van der Waals surface area contributed by atoms with Crippen LogP contribution in [0.3, 0.4) is 0 Å². The van der Waals surface area contributed by atoms with E-state index in [1.807, 2.05) is 0 Å². The Balaban J connectivity index is 0.00000288. The number of nitrogens with zero attached hydrogens (tertiary/aromatic N) is 4. The van der Waals surface area contributed by atoms with Crippen LogP contribution in [0.1, 0.15) is 13.3 Å². The van der Waals surface area contributed by atoms with Crippen LogP contribution in [0, 0.1) is 0 Å². The molecule has 0 radical (unpaired) electrons. The fourth-order valence-corrected chi connectivity index (χ4v) is 3.05. The van der Waals surface area contributed by atoms with Crippen molar-refractivity contribution in [3.8, 4) is 0 Å². The van der Waals surface area contributed by atoms with Crippen LogP contribution in [-0.2, 0) is 4.74 Å². The molecule has 3 N–H and O–H groups in total. The molecule has 0 unspecified atom stereocenters. The molecule has 0 aromatic carbocycles. The average molecular weight is 454 g/mol. The van der Waals surface area contributed by atoms with Gasteiger partial charge in [0.2, 0.25) is 0 Å². The molecule has 0 bridgehead atoms. The number of likely N-dealkylation sites (N-methyl/N-ethyl adjacent to an activating group) is 1. The zero-order valence-electron chi connectivity index (χ0n) is 15.1. The Kier molecular flexibility index (Phi) is 11.9. The van der Waals surface area contributed by atoms with Gasteiger partial charge in [0.25, 0.3) is 0 Å². The van der Waals surface area contributed by atoms with Gasteiger partial charge in [-0.1, -0.05) is 6.92 Å². The molecule has 24 heavy (non-hydrogen) atoms. The zero-order valence-corrected chi connectivity index (χ0v) is 17.4. The number of piperazine rings is 1. The van der Waals surface area contributed by atoms with Gasteiger partial charge in [0, 0.05) is 65.4 Å². The van der Waals surface area contributed by atoms with Crippen molar-refractivity contribution in [2.24, 2.45) is 10.7 Å². The van der Waals surface area contributed by atoms with Crippen molar-refractivity contribution in [2.75, 3.05) is 85.2 Å². The summed E-state index contributed by atoms with van der Waals surface area (Å²) in [5.74, 6) is 0.583. The van der Waals surface area contributed by atoms with Crippen LogP contribution < -0.4 is 11.1 Å². The second-order valence-corrected chi connectivity index (χ2v) is 6.28. The van der Waals surface area contributed by atoms with Gasteiger partial charge >= 0.3 is 0 Å². The lowest BCUT2D eigenvalue weighted by Crippen LogP contribution is -2.48. The highest BCUT2D eigenvalue weighted by Crippen LogP contribution is 2.00. The summed E-state index contributed by atoms with van der Waals surface area (Å²) < 4.78 is 5.34. The Morgan fingerprint density at radius 1 is 1.00 bits per heavy atom. The predicted octanol–water partition coefficient (Wildman–Crippen LogP) is -0.131. The van der Waals surface area contributed by atoms with Gasteiger partial charge in [-0.2, -0.15) is 0 Å². The highest BCUT2D eigenvalue weighted by atomic mass is 127. The Morgan fingerprint density at radius 2 is 1.62 bits per heavy atom. The van der Waals surface area contributed by atoms with Crippen molar-refractivity contribution in [3.63, 3.8) is 0 Å². The Morgan fingerprint density at radius 3 is 2.29 bits per heavy atom. The van der Waals surface area contributed by atoms with Crippen molar-refractivity contribution < 1.29 is 4.74 Å². The highest BCUT2D eigenvalue weighted by Gasteiger charge is 2.14. The predicted molar refractivity (Wildman–Crippen MR) is 110 cm³/mol. The van der Waals surface area contributed by atoms with Gasteiger partial charge in [0.15, 0.2) is 5.96 Å². The molecule has 0 saturated carbocycles. The topological polar surface area (TPSA) is 69.4 Å². The van der Waals surface area contributed by atoms with Gasteiger partial charge in [-0.15, -0.1) is 24.0 Å². The van der Waals surface area contributed by atoms with E-state index in [1.54, 1.807) is 0 Å². The number of ether oxygens (including phenoxy) is 1. The van der Waals surface area contributed by atoms with E-state index in [0.717, 1.165) is 78.5 Å². The van der Waals surface area contributed by atoms with E-state index in [-0.39, 0.29) is 24.0 Å². The molecular formula is C16H35IN6O. The maximum absolute atomic E-state index is 5.93. The minimum atomic E-state index is 0. The summed E-state index contributed by atoms with van der Waals surface area (Å²) in [5.41, 5.74) is 5.93. The maximum atomic E-state index is 5.93. The van der Waals surface area contributed by atoms with Crippen molar-refractivity contribution in [3.05, 3.63) is 0 Å². The third-order valence-corrected chi connectivity index (χ3v) is 4.66. The van der Waals surface area contributed by atoms with Crippen LogP contribution in [0.5, 0.6) is 0 Å².